The molecule has 1 aliphatic rings. The fraction of sp³-hybridized carbons (Fsp3) is 0.571. The van der Waals surface area contributed by atoms with Crippen molar-refractivity contribution in [3.8, 4) is 0 Å². The van der Waals surface area contributed by atoms with Gasteiger partial charge < -0.3 is 4.90 Å². The average molecular weight is 311 g/mol. The van der Waals surface area contributed by atoms with E-state index in [4.69, 9.17) is 0 Å². The number of hydrogen-bond donors (Lipinski definition) is 0. The molecule has 1 aromatic heterocycles. The molecule has 3 nitrogen and oxygen atoms in total. The maximum Gasteiger partial charge on any atom is 0.255 e. The minimum Gasteiger partial charge on any atom is -0.335 e. The first-order valence-corrected chi connectivity index (χ1v) is 7.21. The van der Waals surface area contributed by atoms with Crippen molar-refractivity contribution in [3.63, 3.8) is 0 Å². The molecule has 98 valence electrons. The molecule has 0 aliphatic carbocycles. The number of rotatable bonds is 1. The normalized spacial score (nSPS) is 28.2. The Morgan fingerprint density at radius 1 is 1.39 bits per heavy atom. The highest BCUT2D eigenvalue weighted by molar-refractivity contribution is 9.10. The van der Waals surface area contributed by atoms with Crippen molar-refractivity contribution in [2.75, 3.05) is 6.54 Å². The highest BCUT2D eigenvalue weighted by Crippen LogP contribution is 2.28. The Balaban J connectivity index is 2.19. The van der Waals surface area contributed by atoms with Crippen LogP contribution in [0.5, 0.6) is 0 Å². The van der Waals surface area contributed by atoms with Crippen molar-refractivity contribution in [1.29, 1.82) is 0 Å². The van der Waals surface area contributed by atoms with Crippen LogP contribution in [0, 0.1) is 11.8 Å². The SMILES string of the molecule is CC1CC(C)C(C)N(C(=O)c2ccc(Br)nc2)C1. The van der Waals surface area contributed by atoms with E-state index in [9.17, 15) is 4.79 Å². The summed E-state index contributed by atoms with van der Waals surface area (Å²) in [6.07, 6.45) is 2.84. The highest BCUT2D eigenvalue weighted by Gasteiger charge is 2.32. The zero-order chi connectivity index (χ0) is 13.3. The second kappa shape index (κ2) is 5.39. The monoisotopic (exact) mass is 310 g/mol. The van der Waals surface area contributed by atoms with Gasteiger partial charge in [-0.15, -0.1) is 0 Å². The van der Waals surface area contributed by atoms with E-state index in [0.717, 1.165) is 11.1 Å². The molecule has 3 unspecified atom stereocenters. The zero-order valence-electron chi connectivity index (χ0n) is 11.1. The van der Waals surface area contributed by atoms with Gasteiger partial charge in [0.1, 0.15) is 4.60 Å². The van der Waals surface area contributed by atoms with Gasteiger partial charge in [0.15, 0.2) is 0 Å². The Morgan fingerprint density at radius 3 is 2.72 bits per heavy atom. The van der Waals surface area contributed by atoms with E-state index in [2.05, 4.69) is 41.7 Å². The van der Waals surface area contributed by atoms with Gasteiger partial charge in [-0.3, -0.25) is 4.79 Å². The van der Waals surface area contributed by atoms with Crippen LogP contribution >= 0.6 is 15.9 Å². The molecule has 18 heavy (non-hydrogen) atoms. The number of piperidine rings is 1. The summed E-state index contributed by atoms with van der Waals surface area (Å²) in [6, 6.07) is 3.95. The van der Waals surface area contributed by atoms with E-state index in [1.54, 1.807) is 6.20 Å². The standard InChI is InChI=1S/C14H19BrN2O/c1-9-6-10(2)11(3)17(8-9)14(18)12-4-5-13(15)16-7-12/h4-5,7,9-11H,6,8H2,1-3H3. The molecule has 1 aliphatic heterocycles. The van der Waals surface area contributed by atoms with Crippen LogP contribution in [0.4, 0.5) is 0 Å². The van der Waals surface area contributed by atoms with Crippen LogP contribution in [0.15, 0.2) is 22.9 Å². The third kappa shape index (κ3) is 2.74. The summed E-state index contributed by atoms with van der Waals surface area (Å²) in [5.41, 5.74) is 0.673. The van der Waals surface area contributed by atoms with Crippen LogP contribution < -0.4 is 0 Å². The molecular formula is C14H19BrN2O. The molecule has 0 saturated carbocycles. The summed E-state index contributed by atoms with van der Waals surface area (Å²) in [5, 5.41) is 0. The van der Waals surface area contributed by atoms with Crippen molar-refractivity contribution in [2.24, 2.45) is 11.8 Å². The number of pyridine rings is 1. The number of likely N-dealkylation sites (tertiary alicyclic amines) is 1. The van der Waals surface area contributed by atoms with Gasteiger partial charge in [-0.2, -0.15) is 0 Å². The first-order valence-electron chi connectivity index (χ1n) is 6.41. The van der Waals surface area contributed by atoms with Gasteiger partial charge in [-0.1, -0.05) is 13.8 Å². The van der Waals surface area contributed by atoms with Gasteiger partial charge in [0.25, 0.3) is 5.91 Å². The third-order valence-electron chi connectivity index (χ3n) is 3.83. The van der Waals surface area contributed by atoms with E-state index in [0.29, 0.717) is 23.4 Å². The lowest BCUT2D eigenvalue weighted by Crippen LogP contribution is -2.48. The fourth-order valence-corrected chi connectivity index (χ4v) is 2.89. The molecule has 3 atom stereocenters. The smallest absolute Gasteiger partial charge is 0.255 e. The number of carbonyl (C=O) groups excluding carboxylic acids is 1. The predicted molar refractivity (Wildman–Crippen MR) is 75.4 cm³/mol. The summed E-state index contributed by atoms with van der Waals surface area (Å²) in [5.74, 6) is 1.23. The first kappa shape index (κ1) is 13.5. The van der Waals surface area contributed by atoms with Crippen molar-refractivity contribution in [2.45, 2.75) is 33.2 Å². The minimum atomic E-state index is 0.0981. The van der Waals surface area contributed by atoms with Gasteiger partial charge in [0.2, 0.25) is 0 Å². The molecule has 1 aromatic rings. The Morgan fingerprint density at radius 2 is 2.11 bits per heavy atom. The number of aromatic nitrogens is 1. The predicted octanol–water partition coefficient (Wildman–Crippen LogP) is 3.35. The molecular weight excluding hydrogens is 292 g/mol. The topological polar surface area (TPSA) is 33.2 Å². The Labute approximate surface area is 117 Å². The maximum atomic E-state index is 12.5. The molecule has 0 N–H and O–H groups in total. The highest BCUT2D eigenvalue weighted by atomic mass is 79.9. The minimum absolute atomic E-state index is 0.0981. The van der Waals surface area contributed by atoms with E-state index in [1.807, 2.05) is 17.0 Å². The van der Waals surface area contributed by atoms with E-state index in [1.165, 1.54) is 6.42 Å². The van der Waals surface area contributed by atoms with Crippen LogP contribution in [-0.4, -0.2) is 28.4 Å². The summed E-state index contributed by atoms with van der Waals surface area (Å²) in [6.45, 7) is 7.42. The lowest BCUT2D eigenvalue weighted by atomic mass is 9.85. The zero-order valence-corrected chi connectivity index (χ0v) is 12.6. The molecule has 2 heterocycles. The first-order chi connectivity index (χ1) is 8.49. The van der Waals surface area contributed by atoms with Gasteiger partial charge in [-0.05, 0) is 53.2 Å². The van der Waals surface area contributed by atoms with Crippen molar-refractivity contribution >= 4 is 21.8 Å². The lowest BCUT2D eigenvalue weighted by Gasteiger charge is -2.41. The summed E-state index contributed by atoms with van der Waals surface area (Å²) < 4.78 is 0.757. The molecule has 1 fully saturated rings. The summed E-state index contributed by atoms with van der Waals surface area (Å²) in [4.78, 5) is 18.6. The van der Waals surface area contributed by atoms with E-state index >= 15 is 0 Å². The van der Waals surface area contributed by atoms with Gasteiger partial charge in [0.05, 0.1) is 5.56 Å². The molecule has 1 amide bonds. The largest absolute Gasteiger partial charge is 0.335 e. The average Bonchev–Trinajstić information content (AvgIpc) is 2.34. The molecule has 1 saturated heterocycles. The van der Waals surface area contributed by atoms with Gasteiger partial charge >= 0.3 is 0 Å². The van der Waals surface area contributed by atoms with Crippen LogP contribution in [-0.2, 0) is 0 Å². The number of hydrogen-bond acceptors (Lipinski definition) is 2. The summed E-state index contributed by atoms with van der Waals surface area (Å²) in [7, 11) is 0. The molecule has 0 radical (unpaired) electrons. The second-order valence-electron chi connectivity index (χ2n) is 5.39. The number of amides is 1. The lowest BCUT2D eigenvalue weighted by molar-refractivity contribution is 0.0455. The summed E-state index contributed by atoms with van der Waals surface area (Å²) >= 11 is 3.29. The third-order valence-corrected chi connectivity index (χ3v) is 4.30. The van der Waals surface area contributed by atoms with Crippen molar-refractivity contribution < 1.29 is 4.79 Å². The van der Waals surface area contributed by atoms with E-state index in [-0.39, 0.29) is 5.91 Å². The Bertz CT molecular complexity index is 432. The molecule has 0 spiro atoms. The van der Waals surface area contributed by atoms with Crippen molar-refractivity contribution in [3.05, 3.63) is 28.5 Å². The van der Waals surface area contributed by atoms with Crippen LogP contribution in [0.3, 0.4) is 0 Å². The number of nitrogens with zero attached hydrogens (tertiary/aromatic N) is 2. The number of halogens is 1. The van der Waals surface area contributed by atoms with Gasteiger partial charge in [-0.25, -0.2) is 4.98 Å². The Kier molecular flexibility index (Phi) is 4.05. The molecule has 0 bridgehead atoms. The molecule has 4 heteroatoms. The van der Waals surface area contributed by atoms with Crippen LogP contribution in [0.2, 0.25) is 0 Å². The van der Waals surface area contributed by atoms with Crippen LogP contribution in [0.1, 0.15) is 37.6 Å². The van der Waals surface area contributed by atoms with Gasteiger partial charge in [0, 0.05) is 18.8 Å². The second-order valence-corrected chi connectivity index (χ2v) is 6.20. The fourth-order valence-electron chi connectivity index (χ4n) is 2.65. The Hall–Kier alpha value is -0.900. The van der Waals surface area contributed by atoms with E-state index < -0.39 is 0 Å². The maximum absolute atomic E-state index is 12.5. The van der Waals surface area contributed by atoms with Crippen molar-refractivity contribution in [1.82, 2.24) is 9.88 Å². The molecule has 0 aromatic carbocycles. The quantitative estimate of drug-likeness (QED) is 0.745. The van der Waals surface area contributed by atoms with Crippen LogP contribution in [0.25, 0.3) is 0 Å². The molecule has 2 rings (SSSR count). The number of carbonyl (C=O) groups is 1.